The molecule has 1 heterocycles. The Hall–Kier alpha value is -2.12. The summed E-state index contributed by atoms with van der Waals surface area (Å²) in [5.41, 5.74) is 5.46. The van der Waals surface area contributed by atoms with Crippen molar-refractivity contribution in [2.75, 3.05) is 0 Å². The van der Waals surface area contributed by atoms with Gasteiger partial charge in [-0.15, -0.1) is 11.3 Å². The maximum Gasteiger partial charge on any atom is 0.324 e. The summed E-state index contributed by atoms with van der Waals surface area (Å²) in [5, 5.41) is 20.6. The van der Waals surface area contributed by atoms with E-state index in [9.17, 15) is 9.59 Å². The predicted molar refractivity (Wildman–Crippen MR) is 74.1 cm³/mol. The van der Waals surface area contributed by atoms with Crippen LogP contribution < -0.4 is 10.5 Å². The number of aliphatic carboxylic acids is 2. The number of carboxylic acids is 2. The topological polar surface area (TPSA) is 110 Å². The van der Waals surface area contributed by atoms with Crippen LogP contribution in [0.25, 0.3) is 10.1 Å². The van der Waals surface area contributed by atoms with E-state index in [1.807, 2.05) is 17.5 Å². The second kappa shape index (κ2) is 5.89. The Labute approximate surface area is 118 Å². The molecule has 4 N–H and O–H groups in total. The highest BCUT2D eigenvalue weighted by atomic mass is 32.1. The maximum absolute atomic E-state index is 10.9. The van der Waals surface area contributed by atoms with Crippen LogP contribution in [0.15, 0.2) is 29.6 Å². The van der Waals surface area contributed by atoms with E-state index in [0.717, 1.165) is 10.1 Å². The second-order valence-electron chi connectivity index (χ2n) is 4.24. The second-order valence-corrected chi connectivity index (χ2v) is 5.19. The summed E-state index contributed by atoms with van der Waals surface area (Å²) in [5.74, 6) is -2.06. The van der Waals surface area contributed by atoms with Crippen molar-refractivity contribution in [2.45, 2.75) is 18.6 Å². The summed E-state index contributed by atoms with van der Waals surface area (Å²) in [6.45, 7) is 0. The van der Waals surface area contributed by atoms with Gasteiger partial charge in [0.2, 0.25) is 0 Å². The van der Waals surface area contributed by atoms with Gasteiger partial charge in [0.15, 0.2) is 0 Å². The Morgan fingerprint density at radius 2 is 2.05 bits per heavy atom. The van der Waals surface area contributed by atoms with Crippen molar-refractivity contribution in [2.24, 2.45) is 5.73 Å². The first-order chi connectivity index (χ1) is 9.47. The average Bonchev–Trinajstić information content (AvgIpc) is 2.83. The molecule has 0 aliphatic rings. The Bertz CT molecular complexity index is 638. The van der Waals surface area contributed by atoms with Crippen LogP contribution in [0.5, 0.6) is 5.75 Å². The number of thiophene rings is 1. The van der Waals surface area contributed by atoms with Crippen molar-refractivity contribution < 1.29 is 24.5 Å². The van der Waals surface area contributed by atoms with E-state index in [1.165, 1.54) is 0 Å². The average molecular weight is 295 g/mol. The Kier molecular flexibility index (Phi) is 4.21. The first kappa shape index (κ1) is 14.3. The smallest absolute Gasteiger partial charge is 0.324 e. The lowest BCUT2D eigenvalue weighted by Gasteiger charge is -2.20. The molecule has 6 nitrogen and oxygen atoms in total. The van der Waals surface area contributed by atoms with E-state index in [0.29, 0.717) is 5.75 Å². The van der Waals surface area contributed by atoms with Gasteiger partial charge < -0.3 is 20.7 Å². The Morgan fingerprint density at radius 3 is 2.70 bits per heavy atom. The number of fused-ring (bicyclic) bond motifs is 1. The lowest BCUT2D eigenvalue weighted by molar-refractivity contribution is -0.143. The molecule has 7 heteroatoms. The van der Waals surface area contributed by atoms with Gasteiger partial charge in [-0.3, -0.25) is 9.59 Å². The molecule has 106 valence electrons. The third-order valence-electron chi connectivity index (χ3n) is 2.77. The third-order valence-corrected chi connectivity index (χ3v) is 3.67. The van der Waals surface area contributed by atoms with Gasteiger partial charge in [0.25, 0.3) is 0 Å². The molecular formula is C13H13NO5S. The molecule has 0 saturated heterocycles. The van der Waals surface area contributed by atoms with Crippen molar-refractivity contribution >= 4 is 33.4 Å². The standard InChI is InChI=1S/C13H13NO5S/c14-12(13(17)18)9(6-11(15)16)19-8-1-2-10-7(5-8)3-4-20-10/h1-5,9,12H,6,14H2,(H,15,16)(H,17,18). The normalized spacial score (nSPS) is 13.8. The zero-order valence-electron chi connectivity index (χ0n) is 10.4. The van der Waals surface area contributed by atoms with Crippen LogP contribution in [0, 0.1) is 0 Å². The third kappa shape index (κ3) is 3.25. The van der Waals surface area contributed by atoms with E-state index in [2.05, 4.69) is 0 Å². The maximum atomic E-state index is 10.9. The van der Waals surface area contributed by atoms with Gasteiger partial charge in [-0.1, -0.05) is 0 Å². The van der Waals surface area contributed by atoms with Gasteiger partial charge in [-0.25, -0.2) is 0 Å². The Balaban J connectivity index is 2.21. The highest BCUT2D eigenvalue weighted by molar-refractivity contribution is 7.17. The molecule has 0 aliphatic carbocycles. The van der Waals surface area contributed by atoms with E-state index in [-0.39, 0.29) is 0 Å². The Morgan fingerprint density at radius 1 is 1.30 bits per heavy atom. The fourth-order valence-corrected chi connectivity index (χ4v) is 2.54. The molecule has 0 spiro atoms. The molecule has 0 saturated carbocycles. The number of hydrogen-bond acceptors (Lipinski definition) is 5. The van der Waals surface area contributed by atoms with Crippen LogP contribution in [0.2, 0.25) is 0 Å². The number of benzene rings is 1. The van der Waals surface area contributed by atoms with Crippen molar-refractivity contribution in [1.82, 2.24) is 0 Å². The molecule has 0 aliphatic heterocycles. The lowest BCUT2D eigenvalue weighted by atomic mass is 10.1. The molecular weight excluding hydrogens is 282 g/mol. The van der Waals surface area contributed by atoms with Crippen LogP contribution in [0.4, 0.5) is 0 Å². The highest BCUT2D eigenvalue weighted by Gasteiger charge is 2.28. The molecule has 1 aromatic carbocycles. The SMILES string of the molecule is NC(C(=O)O)C(CC(=O)O)Oc1ccc2sccc2c1. The number of hydrogen-bond donors (Lipinski definition) is 3. The van der Waals surface area contributed by atoms with Gasteiger partial charge >= 0.3 is 11.9 Å². The van der Waals surface area contributed by atoms with E-state index in [1.54, 1.807) is 23.5 Å². The molecule has 1 aromatic heterocycles. The minimum absolute atomic E-state index is 0.402. The lowest BCUT2D eigenvalue weighted by Crippen LogP contribution is -2.46. The number of rotatable bonds is 6. The molecule has 20 heavy (non-hydrogen) atoms. The molecule has 2 unspecified atom stereocenters. The van der Waals surface area contributed by atoms with Gasteiger partial charge in [0, 0.05) is 4.70 Å². The van der Waals surface area contributed by atoms with E-state index in [4.69, 9.17) is 20.7 Å². The number of nitrogens with two attached hydrogens (primary N) is 1. The summed E-state index contributed by atoms with van der Waals surface area (Å²) < 4.78 is 6.51. The first-order valence-electron chi connectivity index (χ1n) is 5.81. The van der Waals surface area contributed by atoms with Crippen LogP contribution in [0.1, 0.15) is 6.42 Å². The monoisotopic (exact) mass is 295 g/mol. The van der Waals surface area contributed by atoms with Crippen LogP contribution >= 0.6 is 11.3 Å². The van der Waals surface area contributed by atoms with Crippen LogP contribution in [0.3, 0.4) is 0 Å². The number of carbonyl (C=O) groups is 2. The molecule has 2 aromatic rings. The summed E-state index contributed by atoms with van der Waals surface area (Å²) in [6.07, 6.45) is -1.60. The van der Waals surface area contributed by atoms with Crippen molar-refractivity contribution in [1.29, 1.82) is 0 Å². The zero-order chi connectivity index (χ0) is 14.7. The van der Waals surface area contributed by atoms with Crippen LogP contribution in [-0.2, 0) is 9.59 Å². The summed E-state index contributed by atoms with van der Waals surface area (Å²) in [4.78, 5) is 21.7. The molecule has 0 bridgehead atoms. The van der Waals surface area contributed by atoms with Gasteiger partial charge in [-0.05, 0) is 35.0 Å². The molecule has 0 fully saturated rings. The number of carboxylic acid groups (broad SMARTS) is 2. The van der Waals surface area contributed by atoms with Crippen LogP contribution in [-0.4, -0.2) is 34.3 Å². The molecule has 2 atom stereocenters. The summed E-state index contributed by atoms with van der Waals surface area (Å²) >= 11 is 1.57. The van der Waals surface area contributed by atoms with Gasteiger partial charge in [0.1, 0.15) is 17.9 Å². The minimum Gasteiger partial charge on any atom is -0.488 e. The largest absolute Gasteiger partial charge is 0.488 e. The first-order valence-corrected chi connectivity index (χ1v) is 6.69. The van der Waals surface area contributed by atoms with Crippen molar-refractivity contribution in [3.8, 4) is 5.75 Å². The number of ether oxygens (including phenoxy) is 1. The van der Waals surface area contributed by atoms with E-state index >= 15 is 0 Å². The fourth-order valence-electron chi connectivity index (χ4n) is 1.77. The summed E-state index contributed by atoms with van der Waals surface area (Å²) in [6, 6.07) is 5.73. The molecule has 0 amide bonds. The molecule has 0 radical (unpaired) electrons. The van der Waals surface area contributed by atoms with Gasteiger partial charge in [-0.2, -0.15) is 0 Å². The van der Waals surface area contributed by atoms with E-state index < -0.39 is 30.5 Å². The van der Waals surface area contributed by atoms with Gasteiger partial charge in [0.05, 0.1) is 6.42 Å². The highest BCUT2D eigenvalue weighted by Crippen LogP contribution is 2.26. The fraction of sp³-hybridized carbons (Fsp3) is 0.231. The molecule has 2 rings (SSSR count). The van der Waals surface area contributed by atoms with Crippen molar-refractivity contribution in [3.63, 3.8) is 0 Å². The zero-order valence-corrected chi connectivity index (χ0v) is 11.2. The quantitative estimate of drug-likeness (QED) is 0.745. The minimum atomic E-state index is -1.40. The van der Waals surface area contributed by atoms with Crippen molar-refractivity contribution in [3.05, 3.63) is 29.6 Å². The summed E-state index contributed by atoms with van der Waals surface area (Å²) in [7, 11) is 0. The predicted octanol–water partition coefficient (Wildman–Crippen LogP) is 1.54.